The molecule has 0 rings (SSSR count). The maximum atomic E-state index is 11.7. The van der Waals surface area contributed by atoms with E-state index in [1.807, 2.05) is 21.1 Å². The van der Waals surface area contributed by atoms with Gasteiger partial charge in [0.25, 0.3) is 0 Å². The summed E-state index contributed by atoms with van der Waals surface area (Å²) in [6.07, 6.45) is 27.0. The molecule has 0 saturated heterocycles. The van der Waals surface area contributed by atoms with E-state index in [2.05, 4.69) is 43.4 Å². The van der Waals surface area contributed by atoms with E-state index in [4.69, 9.17) is 13.8 Å². The average molecular weight is 515 g/mol. The Kier molecular flexibility index (Phi) is 20.8. The van der Waals surface area contributed by atoms with Gasteiger partial charge in [-0.3, -0.25) is 13.8 Å². The van der Waals surface area contributed by atoms with Gasteiger partial charge < -0.3 is 14.1 Å². The van der Waals surface area contributed by atoms with Crippen LogP contribution in [0.25, 0.3) is 0 Å². The molecular weight excluding hydrogens is 465 g/mol. The van der Waals surface area contributed by atoms with Crippen molar-refractivity contribution in [2.45, 2.75) is 77.6 Å². The Bertz CT molecular complexity index is 694. The number of rotatable bonds is 22. The third kappa shape index (κ3) is 26.9. The first-order chi connectivity index (χ1) is 16.7. The fourth-order valence-electron chi connectivity index (χ4n) is 2.81. The van der Waals surface area contributed by atoms with Gasteiger partial charge in [-0.15, -0.1) is 0 Å². The van der Waals surface area contributed by atoms with Crippen molar-refractivity contribution in [2.75, 3.05) is 40.9 Å². The number of carbonyl (C=O) groups excluding carboxylic acids is 1. The summed E-state index contributed by atoms with van der Waals surface area (Å²) in [4.78, 5) is 21.3. The van der Waals surface area contributed by atoms with E-state index in [0.29, 0.717) is 17.4 Å². The van der Waals surface area contributed by atoms with Gasteiger partial charge >= 0.3 is 13.8 Å². The molecule has 0 saturated carbocycles. The molecule has 0 aliphatic heterocycles. The van der Waals surface area contributed by atoms with Crippen LogP contribution in [0, 0.1) is 0 Å². The van der Waals surface area contributed by atoms with Crippen molar-refractivity contribution in [3.8, 4) is 0 Å². The molecule has 7 nitrogen and oxygen atoms in total. The highest BCUT2D eigenvalue weighted by Gasteiger charge is 2.21. The number of phosphoric ester groups is 1. The standard InChI is InChI=1S/C27H48NO6P/c1-5-6-7-8-9-10-11-12-13-14-15-16-17-18-19-20-22-27(29)32-24-21-25-33-35(30,31)34-26-23-28(2,3)4/h8-9,11-12,14-15,21,24H,5-7,10,13,16-20,22-23,25-26H2,1-4H3/p+1/b9-8+,12-11+,15-14+,24-21+. The fourth-order valence-corrected chi connectivity index (χ4v) is 3.47. The second-order valence-electron chi connectivity index (χ2n) is 9.45. The third-order valence-electron chi connectivity index (χ3n) is 4.92. The van der Waals surface area contributed by atoms with E-state index in [-0.39, 0.29) is 19.2 Å². The number of unbranched alkanes of at least 4 members (excludes halogenated alkanes) is 6. The fraction of sp³-hybridized carbons (Fsp3) is 0.667. The van der Waals surface area contributed by atoms with Gasteiger partial charge in [0.05, 0.1) is 34.0 Å². The Morgan fingerprint density at radius 1 is 0.829 bits per heavy atom. The molecule has 0 heterocycles. The molecule has 1 N–H and O–H groups in total. The number of carbonyl (C=O) groups is 1. The van der Waals surface area contributed by atoms with E-state index in [0.717, 1.165) is 44.9 Å². The average Bonchev–Trinajstić information content (AvgIpc) is 2.77. The molecule has 0 spiro atoms. The van der Waals surface area contributed by atoms with Crippen LogP contribution in [0.2, 0.25) is 0 Å². The zero-order valence-corrected chi connectivity index (χ0v) is 23.3. The highest BCUT2D eigenvalue weighted by molar-refractivity contribution is 7.47. The number of quaternary nitrogens is 1. The lowest BCUT2D eigenvalue weighted by Gasteiger charge is -2.23. The maximum absolute atomic E-state index is 11.7. The Hall–Kier alpha value is -1.50. The lowest BCUT2D eigenvalue weighted by atomic mass is 10.1. The maximum Gasteiger partial charge on any atom is 0.472 e. The van der Waals surface area contributed by atoms with Crippen molar-refractivity contribution < 1.29 is 32.5 Å². The van der Waals surface area contributed by atoms with Crippen molar-refractivity contribution in [1.29, 1.82) is 0 Å². The van der Waals surface area contributed by atoms with Gasteiger partial charge in [-0.05, 0) is 44.6 Å². The van der Waals surface area contributed by atoms with Gasteiger partial charge in [0.1, 0.15) is 13.2 Å². The molecule has 0 aromatic carbocycles. The van der Waals surface area contributed by atoms with Crippen molar-refractivity contribution in [2.24, 2.45) is 0 Å². The number of hydrogen-bond donors (Lipinski definition) is 1. The quantitative estimate of drug-likeness (QED) is 0.0424. The van der Waals surface area contributed by atoms with Gasteiger partial charge in [0.15, 0.2) is 0 Å². The lowest BCUT2D eigenvalue weighted by molar-refractivity contribution is -0.870. The first-order valence-electron chi connectivity index (χ1n) is 12.9. The first-order valence-corrected chi connectivity index (χ1v) is 14.4. The molecule has 0 amide bonds. The van der Waals surface area contributed by atoms with Crippen LogP contribution in [0.1, 0.15) is 77.6 Å². The smallest absolute Gasteiger partial charge is 0.435 e. The van der Waals surface area contributed by atoms with Gasteiger partial charge in [0, 0.05) is 6.42 Å². The Morgan fingerprint density at radius 2 is 1.43 bits per heavy atom. The second-order valence-corrected chi connectivity index (χ2v) is 10.9. The van der Waals surface area contributed by atoms with Crippen LogP contribution in [-0.4, -0.2) is 56.2 Å². The Balaban J connectivity index is 3.63. The summed E-state index contributed by atoms with van der Waals surface area (Å²) in [6.45, 7) is 2.72. The molecule has 0 aliphatic carbocycles. The van der Waals surface area contributed by atoms with Crippen LogP contribution in [0.5, 0.6) is 0 Å². The number of ether oxygens (including phenoxy) is 1. The minimum atomic E-state index is -4.10. The Labute approximate surface area is 213 Å². The minimum Gasteiger partial charge on any atom is -0.435 e. The van der Waals surface area contributed by atoms with E-state index >= 15 is 0 Å². The largest absolute Gasteiger partial charge is 0.472 e. The SMILES string of the molecule is CCCC/C=C/C/C=C/C/C=C/CCCCCCC(=O)O/C=C/COP(=O)(O)OCC[N+](C)(C)C. The molecule has 35 heavy (non-hydrogen) atoms. The number of allylic oxidation sites excluding steroid dienone is 6. The number of hydrogen-bond acceptors (Lipinski definition) is 5. The number of likely N-dealkylation sites (N-methyl/N-ethyl adjacent to an activating group) is 1. The molecule has 0 aliphatic rings. The molecule has 202 valence electrons. The molecule has 0 fully saturated rings. The van der Waals surface area contributed by atoms with Crippen LogP contribution >= 0.6 is 7.82 Å². The summed E-state index contributed by atoms with van der Waals surface area (Å²) in [5.41, 5.74) is 0. The monoisotopic (exact) mass is 514 g/mol. The predicted molar refractivity (Wildman–Crippen MR) is 144 cm³/mol. The number of esters is 1. The molecule has 0 bridgehead atoms. The minimum absolute atomic E-state index is 0.112. The summed E-state index contributed by atoms with van der Waals surface area (Å²) < 4.78 is 27.0. The van der Waals surface area contributed by atoms with Crippen LogP contribution in [-0.2, 0) is 23.1 Å². The van der Waals surface area contributed by atoms with Crippen LogP contribution in [0.3, 0.4) is 0 Å². The van der Waals surface area contributed by atoms with Crippen LogP contribution in [0.15, 0.2) is 48.8 Å². The van der Waals surface area contributed by atoms with Gasteiger partial charge in [-0.25, -0.2) is 4.57 Å². The summed E-state index contributed by atoms with van der Waals surface area (Å²) >= 11 is 0. The van der Waals surface area contributed by atoms with Crippen molar-refractivity contribution >= 4 is 13.8 Å². The lowest BCUT2D eigenvalue weighted by Crippen LogP contribution is -2.37. The summed E-state index contributed by atoms with van der Waals surface area (Å²) in [7, 11) is 1.77. The van der Waals surface area contributed by atoms with Gasteiger partial charge in [0.2, 0.25) is 0 Å². The zero-order valence-electron chi connectivity index (χ0n) is 22.4. The first kappa shape index (κ1) is 33.5. The van der Waals surface area contributed by atoms with E-state index in [1.165, 1.54) is 31.6 Å². The van der Waals surface area contributed by atoms with E-state index in [1.54, 1.807) is 0 Å². The second kappa shape index (κ2) is 21.8. The topological polar surface area (TPSA) is 82.1 Å². The molecule has 0 radical (unpaired) electrons. The normalized spacial score (nSPS) is 14.5. The Morgan fingerprint density at radius 3 is 2.06 bits per heavy atom. The van der Waals surface area contributed by atoms with E-state index < -0.39 is 7.82 Å². The van der Waals surface area contributed by atoms with Crippen LogP contribution in [0.4, 0.5) is 0 Å². The van der Waals surface area contributed by atoms with Crippen molar-refractivity contribution in [1.82, 2.24) is 0 Å². The molecule has 1 atom stereocenters. The summed E-state index contributed by atoms with van der Waals surface area (Å²) in [6, 6.07) is 0. The molecule has 8 heteroatoms. The zero-order chi connectivity index (χ0) is 26.3. The van der Waals surface area contributed by atoms with Gasteiger partial charge in [-0.1, -0.05) is 69.1 Å². The van der Waals surface area contributed by atoms with Crippen molar-refractivity contribution in [3.05, 3.63) is 48.8 Å². The molecule has 0 aromatic rings. The van der Waals surface area contributed by atoms with Crippen LogP contribution < -0.4 is 0 Å². The van der Waals surface area contributed by atoms with Gasteiger partial charge in [-0.2, -0.15) is 0 Å². The van der Waals surface area contributed by atoms with E-state index in [9.17, 15) is 14.3 Å². The summed E-state index contributed by atoms with van der Waals surface area (Å²) in [5.74, 6) is -0.320. The highest BCUT2D eigenvalue weighted by Crippen LogP contribution is 2.42. The third-order valence-corrected chi connectivity index (χ3v) is 5.90. The number of phosphoric acid groups is 1. The predicted octanol–water partition coefficient (Wildman–Crippen LogP) is 6.86. The highest BCUT2D eigenvalue weighted by atomic mass is 31.2. The van der Waals surface area contributed by atoms with Crippen molar-refractivity contribution in [3.63, 3.8) is 0 Å². The molecule has 0 aromatic heterocycles. The summed E-state index contributed by atoms with van der Waals surface area (Å²) in [5, 5.41) is 0. The molecule has 1 unspecified atom stereocenters. The number of nitrogens with zero attached hydrogens (tertiary/aromatic N) is 1. The molecular formula is C27H49NO6P+.